The molecule has 98 valence electrons. The van der Waals surface area contributed by atoms with Gasteiger partial charge < -0.3 is 14.7 Å². The van der Waals surface area contributed by atoms with Crippen LogP contribution in [-0.4, -0.2) is 37.9 Å². The fourth-order valence-electron chi connectivity index (χ4n) is 2.42. The predicted octanol–water partition coefficient (Wildman–Crippen LogP) is 2.25. The molecule has 0 amide bonds. The number of para-hydroxylation sites is 1. The quantitative estimate of drug-likeness (QED) is 0.889. The Labute approximate surface area is 107 Å². The van der Waals surface area contributed by atoms with Gasteiger partial charge >= 0.3 is 5.97 Å². The lowest BCUT2D eigenvalue weighted by atomic mass is 10.0. The fourth-order valence-corrected chi connectivity index (χ4v) is 2.42. The summed E-state index contributed by atoms with van der Waals surface area (Å²) in [6.45, 7) is 2.47. The minimum absolute atomic E-state index is 0.358. The normalized spacial score (nSPS) is 19.5. The number of hydrogen-bond donors (Lipinski definition) is 1. The van der Waals surface area contributed by atoms with Gasteiger partial charge in [-0.1, -0.05) is 12.1 Å². The Morgan fingerprint density at radius 2 is 2.28 bits per heavy atom. The van der Waals surface area contributed by atoms with Crippen LogP contribution in [0, 0.1) is 5.92 Å². The van der Waals surface area contributed by atoms with Crippen LogP contribution in [0.15, 0.2) is 24.3 Å². The number of benzene rings is 1. The summed E-state index contributed by atoms with van der Waals surface area (Å²) in [6.07, 6.45) is 2.25. The summed E-state index contributed by atoms with van der Waals surface area (Å²) in [4.78, 5) is 13.2. The molecule has 1 atom stereocenters. The van der Waals surface area contributed by atoms with Gasteiger partial charge in [0, 0.05) is 20.2 Å². The minimum Gasteiger partial charge on any atom is -0.478 e. The van der Waals surface area contributed by atoms with Crippen molar-refractivity contribution in [2.45, 2.75) is 12.8 Å². The van der Waals surface area contributed by atoms with Gasteiger partial charge in [-0.3, -0.25) is 0 Å². The molecular formula is C14H19NO3. The van der Waals surface area contributed by atoms with Gasteiger partial charge in [0.25, 0.3) is 0 Å². The largest absolute Gasteiger partial charge is 0.478 e. The average molecular weight is 249 g/mol. The van der Waals surface area contributed by atoms with Gasteiger partial charge in [0.05, 0.1) is 17.9 Å². The van der Waals surface area contributed by atoms with Crippen LogP contribution in [0.3, 0.4) is 0 Å². The zero-order valence-corrected chi connectivity index (χ0v) is 10.6. The summed E-state index contributed by atoms with van der Waals surface area (Å²) in [6, 6.07) is 7.12. The Morgan fingerprint density at radius 1 is 1.50 bits per heavy atom. The van der Waals surface area contributed by atoms with E-state index in [0.717, 1.165) is 38.3 Å². The molecule has 1 heterocycles. The number of carbonyl (C=O) groups is 1. The van der Waals surface area contributed by atoms with Gasteiger partial charge in [-0.25, -0.2) is 4.79 Å². The third-order valence-electron chi connectivity index (χ3n) is 3.33. The second-order valence-corrected chi connectivity index (χ2v) is 4.79. The van der Waals surface area contributed by atoms with E-state index in [-0.39, 0.29) is 0 Å². The molecule has 0 saturated carbocycles. The highest BCUT2D eigenvalue weighted by molar-refractivity contribution is 5.94. The molecule has 4 heteroatoms. The first kappa shape index (κ1) is 12.9. The number of anilines is 1. The van der Waals surface area contributed by atoms with Crippen LogP contribution < -0.4 is 4.90 Å². The summed E-state index contributed by atoms with van der Waals surface area (Å²) in [5.74, 6) is -0.386. The van der Waals surface area contributed by atoms with Crippen molar-refractivity contribution in [2.75, 3.05) is 31.7 Å². The van der Waals surface area contributed by atoms with Crippen LogP contribution >= 0.6 is 0 Å². The summed E-state index contributed by atoms with van der Waals surface area (Å²) < 4.78 is 5.45. The van der Waals surface area contributed by atoms with Crippen molar-refractivity contribution in [3.63, 3.8) is 0 Å². The second kappa shape index (κ2) is 5.87. The molecule has 2 rings (SSSR count). The number of carboxylic acids is 1. The van der Waals surface area contributed by atoms with E-state index < -0.39 is 5.97 Å². The molecule has 1 aliphatic rings. The molecule has 0 radical (unpaired) electrons. The summed E-state index contributed by atoms with van der Waals surface area (Å²) in [5, 5.41) is 9.17. The number of ether oxygens (including phenoxy) is 1. The first-order valence-corrected chi connectivity index (χ1v) is 6.29. The van der Waals surface area contributed by atoms with Crippen LogP contribution in [0.25, 0.3) is 0 Å². The molecule has 1 aromatic rings. The summed E-state index contributed by atoms with van der Waals surface area (Å²) in [7, 11) is 1.94. The molecule has 1 fully saturated rings. The summed E-state index contributed by atoms with van der Waals surface area (Å²) >= 11 is 0. The van der Waals surface area contributed by atoms with Gasteiger partial charge in [0.15, 0.2) is 0 Å². The van der Waals surface area contributed by atoms with E-state index in [1.165, 1.54) is 0 Å². The zero-order chi connectivity index (χ0) is 13.0. The Kier molecular flexibility index (Phi) is 4.20. The molecule has 18 heavy (non-hydrogen) atoms. The minimum atomic E-state index is -0.877. The third-order valence-corrected chi connectivity index (χ3v) is 3.33. The van der Waals surface area contributed by atoms with Crippen molar-refractivity contribution < 1.29 is 14.6 Å². The fraction of sp³-hybridized carbons (Fsp3) is 0.500. The number of rotatable bonds is 4. The molecule has 1 saturated heterocycles. The van der Waals surface area contributed by atoms with Crippen molar-refractivity contribution in [1.82, 2.24) is 0 Å². The molecular weight excluding hydrogens is 230 g/mol. The van der Waals surface area contributed by atoms with E-state index in [2.05, 4.69) is 0 Å². The Morgan fingerprint density at radius 3 is 2.94 bits per heavy atom. The standard InChI is InChI=1S/C14H19NO3/c1-15(9-11-5-4-8-18-10-11)13-7-3-2-6-12(13)14(16)17/h2-3,6-7,11H,4-5,8-10H2,1H3,(H,16,17). The first-order valence-electron chi connectivity index (χ1n) is 6.29. The number of carboxylic acid groups (broad SMARTS) is 1. The lowest BCUT2D eigenvalue weighted by Crippen LogP contribution is -2.31. The highest BCUT2D eigenvalue weighted by Gasteiger charge is 2.18. The SMILES string of the molecule is CN(CC1CCCOC1)c1ccccc1C(=O)O. The second-order valence-electron chi connectivity index (χ2n) is 4.79. The number of nitrogens with zero attached hydrogens (tertiary/aromatic N) is 1. The maximum absolute atomic E-state index is 11.2. The van der Waals surface area contributed by atoms with Crippen LogP contribution in [0.4, 0.5) is 5.69 Å². The van der Waals surface area contributed by atoms with Crippen LogP contribution in [0.1, 0.15) is 23.2 Å². The van der Waals surface area contributed by atoms with Crippen molar-refractivity contribution in [2.24, 2.45) is 5.92 Å². The Bertz CT molecular complexity index is 413. The van der Waals surface area contributed by atoms with E-state index in [1.54, 1.807) is 12.1 Å². The average Bonchev–Trinajstić information content (AvgIpc) is 2.40. The zero-order valence-electron chi connectivity index (χ0n) is 10.6. The van der Waals surface area contributed by atoms with E-state index in [1.807, 2.05) is 24.1 Å². The number of hydrogen-bond acceptors (Lipinski definition) is 3. The van der Waals surface area contributed by atoms with Gasteiger partial charge in [0.2, 0.25) is 0 Å². The Hall–Kier alpha value is -1.55. The molecule has 0 bridgehead atoms. The third kappa shape index (κ3) is 3.01. The van der Waals surface area contributed by atoms with Crippen molar-refractivity contribution in [3.8, 4) is 0 Å². The monoisotopic (exact) mass is 249 g/mol. The van der Waals surface area contributed by atoms with Gasteiger partial charge in [-0.05, 0) is 30.9 Å². The molecule has 4 nitrogen and oxygen atoms in total. The van der Waals surface area contributed by atoms with E-state index in [0.29, 0.717) is 11.5 Å². The predicted molar refractivity (Wildman–Crippen MR) is 70.2 cm³/mol. The summed E-state index contributed by atoms with van der Waals surface area (Å²) in [5.41, 5.74) is 1.13. The van der Waals surface area contributed by atoms with Crippen molar-refractivity contribution >= 4 is 11.7 Å². The topological polar surface area (TPSA) is 49.8 Å². The molecule has 0 spiro atoms. The molecule has 1 unspecified atom stereocenters. The van der Waals surface area contributed by atoms with Crippen LogP contribution in [0.2, 0.25) is 0 Å². The van der Waals surface area contributed by atoms with Gasteiger partial charge in [-0.15, -0.1) is 0 Å². The molecule has 1 N–H and O–H groups in total. The Balaban J connectivity index is 2.08. The lowest BCUT2D eigenvalue weighted by Gasteiger charge is -2.29. The van der Waals surface area contributed by atoms with Crippen molar-refractivity contribution in [3.05, 3.63) is 29.8 Å². The van der Waals surface area contributed by atoms with Gasteiger partial charge in [-0.2, -0.15) is 0 Å². The van der Waals surface area contributed by atoms with Crippen molar-refractivity contribution in [1.29, 1.82) is 0 Å². The first-order chi connectivity index (χ1) is 8.68. The van der Waals surface area contributed by atoms with E-state index in [9.17, 15) is 4.79 Å². The van der Waals surface area contributed by atoms with E-state index >= 15 is 0 Å². The highest BCUT2D eigenvalue weighted by Crippen LogP contribution is 2.22. The maximum Gasteiger partial charge on any atom is 0.337 e. The molecule has 0 aliphatic carbocycles. The van der Waals surface area contributed by atoms with Crippen LogP contribution in [-0.2, 0) is 4.74 Å². The van der Waals surface area contributed by atoms with E-state index in [4.69, 9.17) is 9.84 Å². The molecule has 1 aromatic carbocycles. The highest BCUT2D eigenvalue weighted by atomic mass is 16.5. The number of aromatic carboxylic acids is 1. The maximum atomic E-state index is 11.2. The lowest BCUT2D eigenvalue weighted by molar-refractivity contribution is 0.0576. The smallest absolute Gasteiger partial charge is 0.337 e. The van der Waals surface area contributed by atoms with Gasteiger partial charge in [0.1, 0.15) is 0 Å². The molecule has 0 aromatic heterocycles. The van der Waals surface area contributed by atoms with Crippen LogP contribution in [0.5, 0.6) is 0 Å². The molecule has 1 aliphatic heterocycles.